The van der Waals surface area contributed by atoms with E-state index in [-0.39, 0.29) is 16.9 Å². The van der Waals surface area contributed by atoms with Gasteiger partial charge in [0.25, 0.3) is 0 Å². The lowest BCUT2D eigenvalue weighted by molar-refractivity contribution is -0.131. The highest BCUT2D eigenvalue weighted by Gasteiger charge is 2.11. The average Bonchev–Trinajstić information content (AvgIpc) is 2.34. The molecule has 0 spiro atoms. The van der Waals surface area contributed by atoms with E-state index < -0.39 is 5.97 Å². The van der Waals surface area contributed by atoms with E-state index in [1.165, 1.54) is 25.3 Å². The summed E-state index contributed by atoms with van der Waals surface area (Å²) in [5.41, 5.74) is 0.567. The van der Waals surface area contributed by atoms with Crippen LogP contribution in [0.2, 0.25) is 0 Å². The largest absolute Gasteiger partial charge is 0.496 e. The number of ether oxygens (including phenoxy) is 1. The first kappa shape index (κ1) is 12.5. The van der Waals surface area contributed by atoms with E-state index in [0.717, 1.165) is 6.08 Å². The second-order valence-electron chi connectivity index (χ2n) is 3.05. The molecule has 0 aliphatic heterocycles. The minimum Gasteiger partial charge on any atom is -0.496 e. The lowest BCUT2D eigenvalue weighted by atomic mass is 10.0. The number of aliphatic carboxylic acids is 1. The van der Waals surface area contributed by atoms with Crippen LogP contribution < -0.4 is 4.74 Å². The number of hydrogen-bond acceptors (Lipinski definition) is 4. The zero-order chi connectivity index (χ0) is 12.8. The van der Waals surface area contributed by atoms with Gasteiger partial charge in [-0.15, -0.1) is 0 Å². The lowest BCUT2D eigenvalue weighted by Gasteiger charge is -2.06. The Kier molecular flexibility index (Phi) is 4.01. The van der Waals surface area contributed by atoms with E-state index in [9.17, 15) is 9.59 Å². The molecule has 0 aromatic heterocycles. The molecule has 5 heteroatoms. The Morgan fingerprint density at radius 2 is 2.24 bits per heavy atom. The Labute approximate surface area is 97.6 Å². The predicted octanol–water partition coefficient (Wildman–Crippen LogP) is 1.48. The molecular formula is C12H9NO4. The fourth-order valence-electron chi connectivity index (χ4n) is 1.34. The molecular weight excluding hydrogens is 222 g/mol. The van der Waals surface area contributed by atoms with Gasteiger partial charge in [0.2, 0.25) is 0 Å². The van der Waals surface area contributed by atoms with Gasteiger partial charge in [-0.05, 0) is 23.8 Å². The van der Waals surface area contributed by atoms with Crippen LogP contribution in [0.5, 0.6) is 5.75 Å². The smallest absolute Gasteiger partial charge is 0.328 e. The molecule has 0 saturated carbocycles. The number of nitriles is 1. The maximum Gasteiger partial charge on any atom is 0.328 e. The van der Waals surface area contributed by atoms with Gasteiger partial charge in [-0.3, -0.25) is 4.79 Å². The van der Waals surface area contributed by atoms with Crippen LogP contribution in [0.4, 0.5) is 0 Å². The molecule has 1 aromatic carbocycles. The monoisotopic (exact) mass is 231 g/mol. The molecule has 1 rings (SSSR count). The van der Waals surface area contributed by atoms with E-state index in [2.05, 4.69) is 0 Å². The van der Waals surface area contributed by atoms with Gasteiger partial charge in [-0.2, -0.15) is 5.26 Å². The summed E-state index contributed by atoms with van der Waals surface area (Å²) >= 11 is 0. The number of carboxylic acid groups (broad SMARTS) is 1. The minimum atomic E-state index is -1.13. The summed E-state index contributed by atoms with van der Waals surface area (Å²) in [5, 5.41) is 17.5. The Morgan fingerprint density at radius 3 is 2.71 bits per heavy atom. The number of carbonyl (C=O) groups excluding carboxylic acids is 1. The zero-order valence-electron chi connectivity index (χ0n) is 9.01. The van der Waals surface area contributed by atoms with Crippen LogP contribution >= 0.6 is 0 Å². The van der Waals surface area contributed by atoms with Gasteiger partial charge in [-0.1, -0.05) is 0 Å². The van der Waals surface area contributed by atoms with Crippen LogP contribution in [-0.4, -0.2) is 24.5 Å². The molecule has 0 amide bonds. The molecule has 0 radical (unpaired) electrons. The summed E-state index contributed by atoms with van der Waals surface area (Å²) in [6.45, 7) is 0. The van der Waals surface area contributed by atoms with E-state index >= 15 is 0 Å². The highest BCUT2D eigenvalue weighted by atomic mass is 16.5. The first-order valence-corrected chi connectivity index (χ1v) is 4.61. The molecule has 17 heavy (non-hydrogen) atoms. The molecule has 0 heterocycles. The van der Waals surface area contributed by atoms with Crippen molar-refractivity contribution in [1.29, 1.82) is 5.26 Å². The average molecular weight is 231 g/mol. The van der Waals surface area contributed by atoms with Crippen molar-refractivity contribution in [3.8, 4) is 11.8 Å². The van der Waals surface area contributed by atoms with E-state index in [4.69, 9.17) is 15.1 Å². The summed E-state index contributed by atoms with van der Waals surface area (Å²) in [6, 6.07) is 4.88. The van der Waals surface area contributed by atoms with Crippen LogP contribution in [0.25, 0.3) is 6.08 Å². The highest BCUT2D eigenvalue weighted by Crippen LogP contribution is 2.24. The molecule has 1 N–H and O–H groups in total. The van der Waals surface area contributed by atoms with Crippen LogP contribution in [0.15, 0.2) is 18.2 Å². The summed E-state index contributed by atoms with van der Waals surface area (Å²) in [5.74, 6) is -0.846. The predicted molar refractivity (Wildman–Crippen MR) is 59.8 cm³/mol. The zero-order valence-corrected chi connectivity index (χ0v) is 9.01. The molecule has 86 valence electrons. The molecule has 0 bridgehead atoms. The van der Waals surface area contributed by atoms with Crippen molar-refractivity contribution in [2.24, 2.45) is 0 Å². The molecule has 1 aromatic rings. The third-order valence-electron chi connectivity index (χ3n) is 2.09. The second-order valence-corrected chi connectivity index (χ2v) is 3.05. The van der Waals surface area contributed by atoms with Crippen molar-refractivity contribution in [2.45, 2.75) is 0 Å². The number of carbonyl (C=O) groups is 2. The number of carboxylic acids is 1. The van der Waals surface area contributed by atoms with Gasteiger partial charge in [0.1, 0.15) is 11.8 Å². The number of aldehydes is 1. The molecule has 5 nitrogen and oxygen atoms in total. The molecule has 0 aliphatic carbocycles. The number of benzene rings is 1. The summed E-state index contributed by atoms with van der Waals surface area (Å²) in [7, 11) is 1.39. The Hall–Kier alpha value is -2.61. The van der Waals surface area contributed by atoms with Crippen LogP contribution in [0, 0.1) is 11.3 Å². The molecule has 0 aliphatic rings. The van der Waals surface area contributed by atoms with Crippen molar-refractivity contribution < 1.29 is 19.4 Å². The molecule has 0 atom stereocenters. The standard InChI is InChI=1S/C12H9NO4/c1-17-11-4-2-8(3-5-12(15)16)9(6-13)10(11)7-14/h2-5,7H,1H3,(H,15,16)/b5-3+. The van der Waals surface area contributed by atoms with Gasteiger partial charge in [0.05, 0.1) is 18.2 Å². The molecule has 0 fully saturated rings. The van der Waals surface area contributed by atoms with Gasteiger partial charge in [0.15, 0.2) is 6.29 Å². The number of hydrogen-bond donors (Lipinski definition) is 1. The van der Waals surface area contributed by atoms with Gasteiger partial charge in [-0.25, -0.2) is 4.79 Å². The third kappa shape index (κ3) is 2.69. The van der Waals surface area contributed by atoms with Crippen molar-refractivity contribution >= 4 is 18.3 Å². The Balaban J connectivity index is 3.39. The van der Waals surface area contributed by atoms with Crippen molar-refractivity contribution in [2.75, 3.05) is 7.11 Å². The number of rotatable bonds is 4. The van der Waals surface area contributed by atoms with Crippen LogP contribution in [0.3, 0.4) is 0 Å². The maximum atomic E-state index is 10.9. The van der Waals surface area contributed by atoms with Crippen molar-refractivity contribution in [3.63, 3.8) is 0 Å². The highest BCUT2D eigenvalue weighted by molar-refractivity contribution is 5.89. The summed E-state index contributed by atoms with van der Waals surface area (Å²) in [6.07, 6.45) is 2.67. The van der Waals surface area contributed by atoms with E-state index in [1.807, 2.05) is 6.07 Å². The van der Waals surface area contributed by atoms with E-state index in [0.29, 0.717) is 11.8 Å². The van der Waals surface area contributed by atoms with Crippen LogP contribution in [0.1, 0.15) is 21.5 Å². The Morgan fingerprint density at radius 1 is 1.53 bits per heavy atom. The van der Waals surface area contributed by atoms with Gasteiger partial charge >= 0.3 is 5.97 Å². The first-order chi connectivity index (χ1) is 8.13. The number of methoxy groups -OCH3 is 1. The SMILES string of the molecule is COc1ccc(/C=C/C(=O)O)c(C#N)c1C=O. The van der Waals surface area contributed by atoms with Crippen molar-refractivity contribution in [1.82, 2.24) is 0 Å². The lowest BCUT2D eigenvalue weighted by Crippen LogP contribution is -1.97. The molecule has 0 unspecified atom stereocenters. The maximum absolute atomic E-state index is 10.9. The Bertz CT molecular complexity index is 526. The fourth-order valence-corrected chi connectivity index (χ4v) is 1.34. The minimum absolute atomic E-state index is 0.0943. The van der Waals surface area contributed by atoms with Gasteiger partial charge < -0.3 is 9.84 Å². The van der Waals surface area contributed by atoms with Crippen LogP contribution in [-0.2, 0) is 4.79 Å². The topological polar surface area (TPSA) is 87.4 Å². The quantitative estimate of drug-likeness (QED) is 0.626. The summed E-state index contributed by atoms with van der Waals surface area (Å²) in [4.78, 5) is 21.3. The van der Waals surface area contributed by atoms with Crippen molar-refractivity contribution in [3.05, 3.63) is 34.9 Å². The summed E-state index contributed by atoms with van der Waals surface area (Å²) < 4.78 is 4.94. The fraction of sp³-hybridized carbons (Fsp3) is 0.0833. The normalized spacial score (nSPS) is 9.88. The number of nitrogens with zero attached hydrogens (tertiary/aromatic N) is 1. The first-order valence-electron chi connectivity index (χ1n) is 4.61. The van der Waals surface area contributed by atoms with E-state index in [1.54, 1.807) is 0 Å². The third-order valence-corrected chi connectivity index (χ3v) is 2.09. The second kappa shape index (κ2) is 5.47. The molecule has 0 saturated heterocycles. The van der Waals surface area contributed by atoms with Gasteiger partial charge in [0, 0.05) is 6.08 Å².